The quantitative estimate of drug-likeness (QED) is 0.574. The van der Waals surface area contributed by atoms with Crippen LogP contribution in [0.5, 0.6) is 0 Å². The molecule has 0 unspecified atom stereocenters. The molecule has 0 amide bonds. The Kier molecular flexibility index (Phi) is 4.09. The molecule has 0 heterocycles. The molecule has 4 heteroatoms. The Bertz CT molecular complexity index is 393. The molecule has 74 valence electrons. The number of anilines is 1. The number of aliphatic hydroxyl groups is 1. The van der Waals surface area contributed by atoms with Gasteiger partial charge in [0.1, 0.15) is 0 Å². The van der Waals surface area contributed by atoms with E-state index in [1.165, 1.54) is 0 Å². The van der Waals surface area contributed by atoms with Crippen LogP contribution >= 0.6 is 23.2 Å². The number of halogens is 2. The highest BCUT2D eigenvalue weighted by molar-refractivity contribution is 6.44. The molecule has 0 radical (unpaired) electrons. The predicted octanol–water partition coefficient (Wildman–Crippen LogP) is 2.31. The number of benzene rings is 1. The van der Waals surface area contributed by atoms with Crippen molar-refractivity contribution < 1.29 is 5.11 Å². The van der Waals surface area contributed by atoms with Crippen molar-refractivity contribution >= 4 is 28.9 Å². The summed E-state index contributed by atoms with van der Waals surface area (Å²) in [7, 11) is 0. The Morgan fingerprint density at radius 2 is 2.00 bits per heavy atom. The zero-order chi connectivity index (χ0) is 10.6. The molecule has 3 N–H and O–H groups in total. The van der Waals surface area contributed by atoms with E-state index in [1.54, 1.807) is 12.1 Å². The molecule has 14 heavy (non-hydrogen) atoms. The van der Waals surface area contributed by atoms with Crippen molar-refractivity contribution in [3.63, 3.8) is 0 Å². The van der Waals surface area contributed by atoms with Crippen LogP contribution in [0.15, 0.2) is 12.1 Å². The molecule has 0 spiro atoms. The van der Waals surface area contributed by atoms with Crippen LogP contribution in [0.3, 0.4) is 0 Å². The lowest BCUT2D eigenvalue weighted by Gasteiger charge is -2.01. The van der Waals surface area contributed by atoms with Crippen molar-refractivity contribution in [2.24, 2.45) is 0 Å². The molecule has 0 aliphatic carbocycles. The second kappa shape index (κ2) is 5.11. The number of rotatable bonds is 1. The maximum absolute atomic E-state index is 8.53. The van der Waals surface area contributed by atoms with Gasteiger partial charge < -0.3 is 10.8 Å². The van der Waals surface area contributed by atoms with Gasteiger partial charge in [0.05, 0.1) is 22.3 Å². The first kappa shape index (κ1) is 11.2. The summed E-state index contributed by atoms with van der Waals surface area (Å²) in [5.41, 5.74) is 6.60. The average Bonchev–Trinajstić information content (AvgIpc) is 2.18. The fraction of sp³-hybridized carbons (Fsp3) is 0.200. The summed E-state index contributed by atoms with van der Waals surface area (Å²) in [6.45, 7) is 0.0350. The minimum absolute atomic E-state index is 0.0350. The van der Waals surface area contributed by atoms with Gasteiger partial charge in [0.25, 0.3) is 0 Å². The normalized spacial score (nSPS) is 9.36. The monoisotopic (exact) mass is 229 g/mol. The Balaban J connectivity index is 3.02. The maximum Gasteiger partial charge on any atom is 0.0834 e. The third kappa shape index (κ3) is 2.55. The number of aliphatic hydroxyl groups excluding tert-OH is 1. The van der Waals surface area contributed by atoms with E-state index in [2.05, 4.69) is 11.8 Å². The molecule has 0 saturated heterocycles. The summed E-state index contributed by atoms with van der Waals surface area (Å²) in [5, 5.41) is 9.21. The first-order valence-corrected chi connectivity index (χ1v) is 4.75. The van der Waals surface area contributed by atoms with E-state index in [0.717, 1.165) is 0 Å². The van der Waals surface area contributed by atoms with E-state index in [0.29, 0.717) is 27.7 Å². The molecule has 0 fully saturated rings. The largest absolute Gasteiger partial charge is 0.397 e. The van der Waals surface area contributed by atoms with E-state index >= 15 is 0 Å². The van der Waals surface area contributed by atoms with Crippen LogP contribution in [0.4, 0.5) is 5.69 Å². The van der Waals surface area contributed by atoms with Gasteiger partial charge in [-0.2, -0.15) is 0 Å². The van der Waals surface area contributed by atoms with Crippen LogP contribution in [0.2, 0.25) is 10.0 Å². The van der Waals surface area contributed by atoms with Crippen LogP contribution in [0.25, 0.3) is 0 Å². The van der Waals surface area contributed by atoms with Gasteiger partial charge in [-0.1, -0.05) is 35.0 Å². The van der Waals surface area contributed by atoms with Crippen molar-refractivity contribution in [3.8, 4) is 11.8 Å². The highest BCUT2D eigenvalue weighted by atomic mass is 35.5. The molecule has 0 aliphatic rings. The number of hydrogen-bond donors (Lipinski definition) is 2. The van der Waals surface area contributed by atoms with Gasteiger partial charge in [-0.15, -0.1) is 0 Å². The van der Waals surface area contributed by atoms with Crippen molar-refractivity contribution in [3.05, 3.63) is 27.7 Å². The SMILES string of the molecule is Nc1ccc(C#CCCO)c(Cl)c1Cl. The van der Waals surface area contributed by atoms with Gasteiger partial charge in [-0.05, 0) is 12.1 Å². The topological polar surface area (TPSA) is 46.2 Å². The molecule has 0 saturated carbocycles. The smallest absolute Gasteiger partial charge is 0.0834 e. The molecular weight excluding hydrogens is 221 g/mol. The van der Waals surface area contributed by atoms with Gasteiger partial charge in [0.15, 0.2) is 0 Å². The average molecular weight is 230 g/mol. The van der Waals surface area contributed by atoms with Gasteiger partial charge in [0, 0.05) is 12.0 Å². The van der Waals surface area contributed by atoms with Gasteiger partial charge >= 0.3 is 0 Å². The fourth-order valence-electron chi connectivity index (χ4n) is 0.875. The summed E-state index contributed by atoms with van der Waals surface area (Å²) >= 11 is 11.7. The van der Waals surface area contributed by atoms with Crippen molar-refractivity contribution in [2.75, 3.05) is 12.3 Å². The van der Waals surface area contributed by atoms with Crippen LogP contribution in [0.1, 0.15) is 12.0 Å². The molecule has 0 bridgehead atoms. The minimum Gasteiger partial charge on any atom is -0.397 e. The van der Waals surface area contributed by atoms with E-state index in [-0.39, 0.29) is 6.61 Å². The van der Waals surface area contributed by atoms with Crippen LogP contribution in [-0.2, 0) is 0 Å². The van der Waals surface area contributed by atoms with Gasteiger partial charge in [-0.25, -0.2) is 0 Å². The van der Waals surface area contributed by atoms with Gasteiger partial charge in [-0.3, -0.25) is 0 Å². The Labute approximate surface area is 92.6 Å². The van der Waals surface area contributed by atoms with Crippen molar-refractivity contribution in [1.29, 1.82) is 0 Å². The zero-order valence-corrected chi connectivity index (χ0v) is 8.86. The Morgan fingerprint density at radius 3 is 2.64 bits per heavy atom. The molecule has 1 aromatic carbocycles. The second-order valence-electron chi connectivity index (χ2n) is 2.61. The van der Waals surface area contributed by atoms with E-state index in [1.807, 2.05) is 0 Å². The number of nitrogen functional groups attached to an aromatic ring is 1. The van der Waals surface area contributed by atoms with Crippen LogP contribution in [0, 0.1) is 11.8 Å². The van der Waals surface area contributed by atoms with E-state index in [4.69, 9.17) is 34.0 Å². The molecule has 2 nitrogen and oxygen atoms in total. The molecule has 0 aromatic heterocycles. The first-order valence-electron chi connectivity index (χ1n) is 4.00. The highest BCUT2D eigenvalue weighted by Gasteiger charge is 2.05. The maximum atomic E-state index is 8.53. The Hall–Kier alpha value is -0.880. The van der Waals surface area contributed by atoms with E-state index < -0.39 is 0 Å². The molecule has 0 aliphatic heterocycles. The first-order chi connectivity index (χ1) is 6.66. The summed E-state index contributed by atoms with van der Waals surface area (Å²) in [5.74, 6) is 5.55. The lowest BCUT2D eigenvalue weighted by molar-refractivity contribution is 0.305. The predicted molar refractivity (Wildman–Crippen MR) is 59.5 cm³/mol. The molecule has 1 rings (SSSR count). The summed E-state index contributed by atoms with van der Waals surface area (Å²) < 4.78 is 0. The van der Waals surface area contributed by atoms with Gasteiger partial charge in [0.2, 0.25) is 0 Å². The third-order valence-electron chi connectivity index (χ3n) is 1.57. The zero-order valence-electron chi connectivity index (χ0n) is 7.35. The highest BCUT2D eigenvalue weighted by Crippen LogP contribution is 2.30. The standard InChI is InChI=1S/C10H9Cl2NO/c11-9-7(3-1-2-6-14)4-5-8(13)10(9)12/h4-5,14H,2,6,13H2. The molecular formula is C10H9Cl2NO. The fourth-order valence-corrected chi connectivity index (χ4v) is 1.26. The van der Waals surface area contributed by atoms with Crippen LogP contribution < -0.4 is 5.73 Å². The summed E-state index contributed by atoms with van der Waals surface area (Å²) in [4.78, 5) is 0. The Morgan fingerprint density at radius 1 is 1.29 bits per heavy atom. The van der Waals surface area contributed by atoms with E-state index in [9.17, 15) is 0 Å². The molecule has 1 aromatic rings. The lowest BCUT2D eigenvalue weighted by Crippen LogP contribution is -1.88. The minimum atomic E-state index is 0.0350. The summed E-state index contributed by atoms with van der Waals surface area (Å²) in [6, 6.07) is 3.35. The number of nitrogens with two attached hydrogens (primary N) is 1. The molecule has 0 atom stereocenters. The van der Waals surface area contributed by atoms with Crippen molar-refractivity contribution in [2.45, 2.75) is 6.42 Å². The van der Waals surface area contributed by atoms with Crippen LogP contribution in [-0.4, -0.2) is 11.7 Å². The second-order valence-corrected chi connectivity index (χ2v) is 3.36. The lowest BCUT2D eigenvalue weighted by atomic mass is 10.2. The third-order valence-corrected chi connectivity index (χ3v) is 2.47. The van der Waals surface area contributed by atoms with Crippen molar-refractivity contribution in [1.82, 2.24) is 0 Å². The number of hydrogen-bond acceptors (Lipinski definition) is 2. The summed E-state index contributed by atoms with van der Waals surface area (Å²) in [6.07, 6.45) is 0.415.